The van der Waals surface area contributed by atoms with Gasteiger partial charge in [0, 0.05) is 17.6 Å². The molecule has 5 nitrogen and oxygen atoms in total. The minimum absolute atomic E-state index is 0.282. The van der Waals surface area contributed by atoms with Crippen LogP contribution in [0.2, 0.25) is 0 Å². The largest absolute Gasteiger partial charge is 0.342 e. The van der Waals surface area contributed by atoms with Crippen LogP contribution in [-0.2, 0) is 14.8 Å². The van der Waals surface area contributed by atoms with Crippen molar-refractivity contribution in [2.24, 2.45) is 0 Å². The fourth-order valence-corrected chi connectivity index (χ4v) is 3.55. The average molecular weight is 379 g/mol. The lowest BCUT2D eigenvalue weighted by molar-refractivity contribution is -0.130. The molecule has 1 aromatic carbocycles. The molecule has 1 heterocycles. The summed E-state index contributed by atoms with van der Waals surface area (Å²) in [5, 5.41) is 0. The molecule has 1 aliphatic rings. The lowest BCUT2D eigenvalue weighted by Crippen LogP contribution is -2.42. The zero-order valence-corrected chi connectivity index (χ0v) is 13.7. The smallest absolute Gasteiger partial charge is 0.243 e. The zero-order valence-electron chi connectivity index (χ0n) is 11.3. The fraction of sp³-hybridized carbons (Fsp3) is 0.462. The summed E-state index contributed by atoms with van der Waals surface area (Å²) in [5.41, 5.74) is 0. The van der Waals surface area contributed by atoms with Gasteiger partial charge >= 0.3 is 0 Å². The number of sulfonamides is 1. The molecule has 0 bridgehead atoms. The van der Waals surface area contributed by atoms with E-state index in [0.29, 0.717) is 17.6 Å². The molecular weight excluding hydrogens is 363 g/mol. The Labute approximate surface area is 131 Å². The van der Waals surface area contributed by atoms with Crippen molar-refractivity contribution in [2.75, 3.05) is 19.6 Å². The van der Waals surface area contributed by atoms with Gasteiger partial charge in [0.25, 0.3) is 0 Å². The number of hydrogen-bond donors (Lipinski definition) is 1. The van der Waals surface area contributed by atoms with Crippen LogP contribution in [0, 0.1) is 5.82 Å². The van der Waals surface area contributed by atoms with Gasteiger partial charge < -0.3 is 4.90 Å². The first-order valence-corrected chi connectivity index (χ1v) is 8.90. The number of rotatable bonds is 4. The average Bonchev–Trinajstić information content (AvgIpc) is 2.45. The van der Waals surface area contributed by atoms with E-state index < -0.39 is 20.7 Å². The second kappa shape index (κ2) is 6.85. The molecule has 0 aliphatic carbocycles. The van der Waals surface area contributed by atoms with Crippen molar-refractivity contribution in [3.8, 4) is 0 Å². The molecule has 116 valence electrons. The van der Waals surface area contributed by atoms with Gasteiger partial charge in [-0.15, -0.1) is 0 Å². The summed E-state index contributed by atoms with van der Waals surface area (Å²) in [6, 6.07) is 3.66. The molecule has 1 amide bonds. The first-order valence-electron chi connectivity index (χ1n) is 6.62. The summed E-state index contributed by atoms with van der Waals surface area (Å²) in [5.74, 6) is -1.14. The first-order chi connectivity index (χ1) is 9.90. The Morgan fingerprint density at radius 2 is 1.95 bits per heavy atom. The van der Waals surface area contributed by atoms with Gasteiger partial charge in [-0.25, -0.2) is 17.5 Å². The molecule has 8 heteroatoms. The van der Waals surface area contributed by atoms with Crippen molar-refractivity contribution in [3.63, 3.8) is 0 Å². The maximum Gasteiger partial charge on any atom is 0.243 e. The monoisotopic (exact) mass is 378 g/mol. The number of carbonyl (C=O) groups is 1. The lowest BCUT2D eigenvalue weighted by atomic mass is 10.1. The third-order valence-electron chi connectivity index (χ3n) is 3.31. The predicted molar refractivity (Wildman–Crippen MR) is 79.7 cm³/mol. The number of carbonyl (C=O) groups excluding carboxylic acids is 1. The molecule has 1 aliphatic heterocycles. The highest BCUT2D eigenvalue weighted by atomic mass is 79.9. The van der Waals surface area contributed by atoms with Crippen LogP contribution in [0.4, 0.5) is 4.39 Å². The Morgan fingerprint density at radius 3 is 2.57 bits per heavy atom. The van der Waals surface area contributed by atoms with Gasteiger partial charge in [0.1, 0.15) is 10.7 Å². The van der Waals surface area contributed by atoms with E-state index in [-0.39, 0.29) is 12.5 Å². The van der Waals surface area contributed by atoms with Gasteiger partial charge in [0.2, 0.25) is 15.9 Å². The van der Waals surface area contributed by atoms with E-state index in [1.165, 1.54) is 6.07 Å². The second-order valence-corrected chi connectivity index (χ2v) is 7.49. The lowest BCUT2D eigenvalue weighted by Gasteiger charge is -2.26. The molecule has 0 aromatic heterocycles. The molecular formula is C13H16BrFN2O3S. The van der Waals surface area contributed by atoms with Gasteiger partial charge in [-0.1, -0.05) is 15.9 Å². The summed E-state index contributed by atoms with van der Waals surface area (Å²) < 4.78 is 40.3. The van der Waals surface area contributed by atoms with Crippen molar-refractivity contribution in [2.45, 2.75) is 24.2 Å². The maximum atomic E-state index is 13.7. The predicted octanol–water partition coefficient (Wildman–Crippen LogP) is 1.88. The number of halogens is 2. The van der Waals surface area contributed by atoms with Crippen molar-refractivity contribution in [1.29, 1.82) is 0 Å². The van der Waals surface area contributed by atoms with Gasteiger partial charge in [0.05, 0.1) is 6.54 Å². The third-order valence-corrected chi connectivity index (χ3v) is 5.23. The Morgan fingerprint density at radius 1 is 1.29 bits per heavy atom. The molecule has 21 heavy (non-hydrogen) atoms. The van der Waals surface area contributed by atoms with E-state index in [4.69, 9.17) is 0 Å². The molecule has 0 saturated carbocycles. The van der Waals surface area contributed by atoms with Gasteiger partial charge in [-0.3, -0.25) is 4.79 Å². The fourth-order valence-electron chi connectivity index (χ4n) is 2.18. The van der Waals surface area contributed by atoms with Crippen LogP contribution >= 0.6 is 15.9 Å². The molecule has 1 N–H and O–H groups in total. The standard InChI is InChI=1S/C13H16BrFN2O3S/c14-10-4-5-12(11(15)8-10)21(19,20)16-9-13(18)17-6-2-1-3-7-17/h4-5,8,16H,1-3,6-7,9H2. The summed E-state index contributed by atoms with van der Waals surface area (Å²) >= 11 is 3.06. The van der Waals surface area contributed by atoms with E-state index >= 15 is 0 Å². The van der Waals surface area contributed by atoms with Crippen LogP contribution in [0.25, 0.3) is 0 Å². The molecule has 0 atom stereocenters. The SMILES string of the molecule is O=C(CNS(=O)(=O)c1ccc(Br)cc1F)N1CCCCC1. The van der Waals surface area contributed by atoms with Crippen molar-refractivity contribution < 1.29 is 17.6 Å². The number of hydrogen-bond acceptors (Lipinski definition) is 3. The number of nitrogens with one attached hydrogen (secondary N) is 1. The minimum atomic E-state index is -4.03. The number of benzene rings is 1. The van der Waals surface area contributed by atoms with Crippen LogP contribution in [0.1, 0.15) is 19.3 Å². The Hall–Kier alpha value is -0.990. The van der Waals surface area contributed by atoms with Gasteiger partial charge in [-0.2, -0.15) is 0 Å². The zero-order chi connectivity index (χ0) is 15.5. The van der Waals surface area contributed by atoms with Crippen molar-refractivity contribution in [1.82, 2.24) is 9.62 Å². The Balaban J connectivity index is 2.02. The first kappa shape index (κ1) is 16.4. The van der Waals surface area contributed by atoms with E-state index in [1.54, 1.807) is 4.90 Å². The number of nitrogens with zero attached hydrogens (tertiary/aromatic N) is 1. The molecule has 1 saturated heterocycles. The van der Waals surface area contributed by atoms with E-state index in [1.807, 2.05) is 0 Å². The summed E-state index contributed by atoms with van der Waals surface area (Å²) in [7, 11) is -4.03. The second-order valence-electron chi connectivity index (χ2n) is 4.84. The summed E-state index contributed by atoms with van der Waals surface area (Å²) in [4.78, 5) is 13.1. The van der Waals surface area contributed by atoms with Crippen molar-refractivity contribution in [3.05, 3.63) is 28.5 Å². The van der Waals surface area contributed by atoms with Crippen LogP contribution in [0.15, 0.2) is 27.6 Å². The molecule has 0 unspecified atom stereocenters. The third kappa shape index (κ3) is 4.24. The van der Waals surface area contributed by atoms with Crippen molar-refractivity contribution >= 4 is 31.9 Å². The summed E-state index contributed by atoms with van der Waals surface area (Å²) in [6.45, 7) is 0.943. The highest BCUT2D eigenvalue weighted by molar-refractivity contribution is 9.10. The Bertz CT molecular complexity index is 630. The van der Waals surface area contributed by atoms with Gasteiger partial charge in [-0.05, 0) is 37.5 Å². The highest BCUT2D eigenvalue weighted by Crippen LogP contribution is 2.19. The Kier molecular flexibility index (Phi) is 5.34. The maximum absolute atomic E-state index is 13.7. The quantitative estimate of drug-likeness (QED) is 0.869. The number of piperidine rings is 1. The highest BCUT2D eigenvalue weighted by Gasteiger charge is 2.22. The normalized spacial score (nSPS) is 16.0. The van der Waals surface area contributed by atoms with E-state index in [9.17, 15) is 17.6 Å². The topological polar surface area (TPSA) is 66.5 Å². The molecule has 1 aromatic rings. The van der Waals surface area contributed by atoms with Crippen LogP contribution < -0.4 is 4.72 Å². The van der Waals surface area contributed by atoms with Crippen LogP contribution in [0.3, 0.4) is 0 Å². The van der Waals surface area contributed by atoms with E-state index in [2.05, 4.69) is 20.7 Å². The molecule has 0 radical (unpaired) electrons. The molecule has 2 rings (SSSR count). The van der Waals surface area contributed by atoms with Crippen LogP contribution in [0.5, 0.6) is 0 Å². The minimum Gasteiger partial charge on any atom is -0.342 e. The molecule has 1 fully saturated rings. The number of amides is 1. The van der Waals surface area contributed by atoms with Gasteiger partial charge in [0.15, 0.2) is 0 Å². The van der Waals surface area contributed by atoms with E-state index in [0.717, 1.165) is 31.4 Å². The van der Waals surface area contributed by atoms with Crippen LogP contribution in [-0.4, -0.2) is 38.9 Å². The molecule has 0 spiro atoms. The number of likely N-dealkylation sites (tertiary alicyclic amines) is 1. The summed E-state index contributed by atoms with van der Waals surface area (Å²) in [6.07, 6.45) is 2.94.